The van der Waals surface area contributed by atoms with E-state index in [4.69, 9.17) is 5.11 Å². The molecule has 1 saturated heterocycles. The molecule has 2 atom stereocenters. The molecule has 0 bridgehead atoms. The van der Waals surface area contributed by atoms with E-state index < -0.39 is 46.2 Å². The lowest BCUT2D eigenvalue weighted by Crippen LogP contribution is -2.32. The minimum Gasteiger partial charge on any atom is -0.481 e. The zero-order valence-corrected chi connectivity index (χ0v) is 12.5. The summed E-state index contributed by atoms with van der Waals surface area (Å²) in [5.74, 6) is -7.63. The van der Waals surface area contributed by atoms with E-state index in [1.165, 1.54) is 0 Å². The maximum Gasteiger partial charge on any atom is 0.309 e. The Morgan fingerprint density at radius 3 is 2.48 bits per heavy atom. The van der Waals surface area contributed by atoms with Gasteiger partial charge in [-0.3, -0.25) is 4.79 Å². The van der Waals surface area contributed by atoms with Gasteiger partial charge >= 0.3 is 5.97 Å². The fraction of sp³-hybridized carbons (Fsp3) is 0.357. The number of nitrogens with zero attached hydrogens (tertiary/aromatic N) is 1. The van der Waals surface area contributed by atoms with Gasteiger partial charge in [0, 0.05) is 35.5 Å². The first-order chi connectivity index (χ1) is 10.8. The van der Waals surface area contributed by atoms with Gasteiger partial charge in [-0.05, 0) is 6.42 Å². The predicted octanol–water partition coefficient (Wildman–Crippen LogP) is 2.54. The van der Waals surface area contributed by atoms with Gasteiger partial charge in [-0.1, -0.05) is 0 Å². The number of carbonyl (C=O) groups is 1. The third kappa shape index (κ3) is 2.62. The smallest absolute Gasteiger partial charge is 0.309 e. The van der Waals surface area contributed by atoms with Crippen molar-refractivity contribution < 1.29 is 27.5 Å². The van der Waals surface area contributed by atoms with Gasteiger partial charge in [0.05, 0.1) is 6.42 Å². The Hall–Kier alpha value is -1.90. The minimum absolute atomic E-state index is 0.0728. The summed E-state index contributed by atoms with van der Waals surface area (Å²) in [4.78, 5) is 12.5. The van der Waals surface area contributed by atoms with Gasteiger partial charge in [0.25, 0.3) is 0 Å². The average molecular weight is 348 g/mol. The van der Waals surface area contributed by atoms with E-state index in [2.05, 4.69) is 17.9 Å². The average Bonchev–Trinajstić information content (AvgIpc) is 2.99. The zero-order chi connectivity index (χ0) is 16.9. The Labute approximate surface area is 134 Å². The third-order valence-electron chi connectivity index (χ3n) is 4.03. The number of nitrogens with one attached hydrogen (secondary N) is 1. The first-order valence-corrected chi connectivity index (χ1v) is 7.29. The highest BCUT2D eigenvalue weighted by Gasteiger charge is 2.41. The summed E-state index contributed by atoms with van der Waals surface area (Å²) < 4.78 is 54.6. The second kappa shape index (κ2) is 5.63. The second-order valence-electron chi connectivity index (χ2n) is 5.45. The molecule has 1 unspecified atom stereocenters. The van der Waals surface area contributed by atoms with Crippen LogP contribution >= 0.6 is 12.6 Å². The highest BCUT2D eigenvalue weighted by atomic mass is 32.1. The molecule has 0 aliphatic carbocycles. The maximum atomic E-state index is 13.9. The van der Waals surface area contributed by atoms with E-state index in [0.717, 1.165) is 0 Å². The van der Waals surface area contributed by atoms with Gasteiger partial charge in [-0.2, -0.15) is 0 Å². The van der Waals surface area contributed by atoms with Crippen molar-refractivity contribution in [1.29, 1.82) is 0 Å². The molecule has 4 nitrogen and oxygen atoms in total. The molecule has 0 amide bonds. The molecule has 1 aromatic carbocycles. The molecule has 2 heterocycles. The van der Waals surface area contributed by atoms with Crippen molar-refractivity contribution in [3.63, 3.8) is 0 Å². The Bertz CT molecular complexity index is 699. The van der Waals surface area contributed by atoms with Crippen LogP contribution in [0.5, 0.6) is 0 Å². The van der Waals surface area contributed by atoms with Crippen molar-refractivity contribution in [1.82, 2.24) is 10.2 Å². The molecular weight excluding hydrogens is 336 g/mol. The van der Waals surface area contributed by atoms with Crippen LogP contribution in [0, 0.1) is 23.3 Å². The number of carboxylic acids is 1. The number of rotatable bonds is 3. The second-order valence-corrected chi connectivity index (χ2v) is 5.94. The van der Waals surface area contributed by atoms with E-state index in [-0.39, 0.29) is 25.5 Å². The lowest BCUT2D eigenvalue weighted by molar-refractivity contribution is -0.136. The largest absolute Gasteiger partial charge is 0.481 e. The predicted molar refractivity (Wildman–Crippen MR) is 75.5 cm³/mol. The summed E-state index contributed by atoms with van der Waals surface area (Å²) in [7, 11) is 0. The Morgan fingerprint density at radius 1 is 1.30 bits per heavy atom. The molecule has 9 heteroatoms. The SMILES string of the molecule is O=C(O)CC1=C2C[C@H](c3c(F)c(F)cc(F)c3F)CN2C(S)N1. The number of allylic oxidation sites excluding steroid dienone is 1. The fourth-order valence-electron chi connectivity index (χ4n) is 3.07. The minimum atomic E-state index is -1.45. The Balaban J connectivity index is 1.99. The molecule has 0 aromatic heterocycles. The van der Waals surface area contributed by atoms with E-state index in [0.29, 0.717) is 11.4 Å². The molecule has 0 saturated carbocycles. The first kappa shape index (κ1) is 16.0. The number of benzene rings is 1. The summed E-state index contributed by atoms with van der Waals surface area (Å²) >= 11 is 4.24. The highest BCUT2D eigenvalue weighted by molar-refractivity contribution is 7.80. The van der Waals surface area contributed by atoms with E-state index in [1.807, 2.05) is 0 Å². The molecule has 0 spiro atoms. The van der Waals surface area contributed by atoms with Gasteiger partial charge in [-0.15, -0.1) is 12.6 Å². The van der Waals surface area contributed by atoms with Gasteiger partial charge < -0.3 is 15.3 Å². The van der Waals surface area contributed by atoms with Gasteiger partial charge in [0.15, 0.2) is 23.3 Å². The monoisotopic (exact) mass is 348 g/mol. The number of aliphatic carboxylic acids is 1. The lowest BCUT2D eigenvalue weighted by Gasteiger charge is -2.21. The van der Waals surface area contributed by atoms with Crippen molar-refractivity contribution in [2.45, 2.75) is 24.3 Å². The summed E-state index contributed by atoms with van der Waals surface area (Å²) in [5, 5.41) is 11.8. The molecule has 1 fully saturated rings. The number of thiol groups is 1. The molecule has 23 heavy (non-hydrogen) atoms. The molecule has 2 N–H and O–H groups in total. The topological polar surface area (TPSA) is 52.6 Å². The summed E-state index contributed by atoms with van der Waals surface area (Å²) in [5.41, 5.74) is -0.271. The van der Waals surface area contributed by atoms with Crippen molar-refractivity contribution in [3.05, 3.63) is 46.3 Å². The van der Waals surface area contributed by atoms with Crippen LogP contribution in [-0.4, -0.2) is 28.0 Å². The van der Waals surface area contributed by atoms with E-state index in [1.54, 1.807) is 4.90 Å². The fourth-order valence-corrected chi connectivity index (χ4v) is 3.46. The van der Waals surface area contributed by atoms with Crippen molar-refractivity contribution in [3.8, 4) is 0 Å². The van der Waals surface area contributed by atoms with Crippen LogP contribution in [0.15, 0.2) is 17.5 Å². The third-order valence-corrected chi connectivity index (χ3v) is 4.44. The maximum absolute atomic E-state index is 13.9. The molecular formula is C14H12F4N2O2S. The van der Waals surface area contributed by atoms with E-state index in [9.17, 15) is 22.4 Å². The number of fused-ring (bicyclic) bond motifs is 1. The highest BCUT2D eigenvalue weighted by Crippen LogP contribution is 2.42. The number of carboxylic acid groups (broad SMARTS) is 1. The van der Waals surface area contributed by atoms with Crippen LogP contribution in [0.3, 0.4) is 0 Å². The van der Waals surface area contributed by atoms with Crippen LogP contribution in [0.4, 0.5) is 17.6 Å². The van der Waals surface area contributed by atoms with Crippen LogP contribution in [0.2, 0.25) is 0 Å². The summed E-state index contributed by atoms with van der Waals surface area (Å²) in [6, 6.07) is 0.169. The van der Waals surface area contributed by atoms with Crippen molar-refractivity contribution in [2.75, 3.05) is 6.54 Å². The molecule has 1 aromatic rings. The van der Waals surface area contributed by atoms with Gasteiger partial charge in [0.1, 0.15) is 5.50 Å². The van der Waals surface area contributed by atoms with Crippen LogP contribution in [0.1, 0.15) is 24.3 Å². The normalized spacial score (nSPS) is 23.3. The van der Waals surface area contributed by atoms with Gasteiger partial charge in [-0.25, -0.2) is 17.6 Å². The van der Waals surface area contributed by atoms with E-state index >= 15 is 0 Å². The van der Waals surface area contributed by atoms with Crippen LogP contribution < -0.4 is 5.32 Å². The first-order valence-electron chi connectivity index (χ1n) is 6.77. The van der Waals surface area contributed by atoms with Crippen molar-refractivity contribution in [2.24, 2.45) is 0 Å². The van der Waals surface area contributed by atoms with Crippen LogP contribution in [-0.2, 0) is 4.79 Å². The Kier molecular flexibility index (Phi) is 3.91. The quantitative estimate of drug-likeness (QED) is 0.446. The molecule has 2 aliphatic rings. The van der Waals surface area contributed by atoms with Crippen LogP contribution in [0.25, 0.3) is 0 Å². The standard InChI is InChI=1S/C14H12F4N2O2S/c15-6-2-7(16)13(18)11(12(6)17)5-1-9-8(3-10(21)22)19-14(23)20(9)4-5/h2,5,14,19,23H,1,3-4H2,(H,21,22)/t5-,14?/m0/s1. The molecule has 2 aliphatic heterocycles. The molecule has 124 valence electrons. The number of halogens is 4. The molecule has 0 radical (unpaired) electrons. The van der Waals surface area contributed by atoms with Gasteiger partial charge in [0.2, 0.25) is 0 Å². The zero-order valence-electron chi connectivity index (χ0n) is 11.6. The summed E-state index contributed by atoms with van der Waals surface area (Å²) in [6.45, 7) is 0.0797. The number of hydrogen-bond donors (Lipinski definition) is 3. The molecule has 3 rings (SSSR count). The summed E-state index contributed by atoms with van der Waals surface area (Å²) in [6.07, 6.45) is -0.221. The lowest BCUT2D eigenvalue weighted by atomic mass is 9.95. The van der Waals surface area contributed by atoms with Crippen molar-refractivity contribution >= 4 is 18.6 Å². The number of hydrogen-bond acceptors (Lipinski definition) is 4. The Morgan fingerprint density at radius 2 is 1.91 bits per heavy atom.